The molecule has 37 heavy (non-hydrogen) atoms. The maximum Gasteiger partial charge on any atom is 0.250 e. The first kappa shape index (κ1) is 23.3. The smallest absolute Gasteiger partial charge is 0.250 e. The molecular formula is C27H25F2N7O. The molecule has 0 aliphatic heterocycles. The summed E-state index contributed by atoms with van der Waals surface area (Å²) in [5.41, 5.74) is 7.75. The Kier molecular flexibility index (Phi) is 5.18. The number of carbonyl (C=O) groups excluding carboxylic acids is 1. The minimum absolute atomic E-state index is 0.134. The number of aryl methyl sites for hydroxylation is 1. The highest BCUT2D eigenvalue weighted by Gasteiger charge is 2.65. The Labute approximate surface area is 212 Å². The summed E-state index contributed by atoms with van der Waals surface area (Å²) in [6.45, 7) is 4.38. The van der Waals surface area contributed by atoms with E-state index < -0.39 is 17.0 Å². The Hall–Kier alpha value is -4.08. The summed E-state index contributed by atoms with van der Waals surface area (Å²) in [5.74, 6) is -1.17. The fourth-order valence-corrected chi connectivity index (χ4v) is 6.31. The van der Waals surface area contributed by atoms with Gasteiger partial charge in [-0.15, -0.1) is 5.10 Å². The number of aromatic nitrogens is 6. The van der Waals surface area contributed by atoms with Crippen molar-refractivity contribution in [2.75, 3.05) is 0 Å². The van der Waals surface area contributed by atoms with Crippen LogP contribution in [-0.2, 0) is 16.6 Å². The van der Waals surface area contributed by atoms with E-state index >= 15 is 0 Å². The van der Waals surface area contributed by atoms with Gasteiger partial charge in [-0.25, -0.2) is 23.4 Å². The van der Waals surface area contributed by atoms with Gasteiger partial charge in [0.05, 0.1) is 33.8 Å². The van der Waals surface area contributed by atoms with Crippen LogP contribution in [0.1, 0.15) is 61.7 Å². The minimum atomic E-state index is -0.666. The molecule has 10 heteroatoms. The van der Waals surface area contributed by atoms with Crippen molar-refractivity contribution in [1.82, 2.24) is 29.9 Å². The second kappa shape index (κ2) is 8.22. The van der Waals surface area contributed by atoms with E-state index in [1.807, 2.05) is 12.1 Å². The topological polar surface area (TPSA) is 112 Å². The second-order valence-corrected chi connectivity index (χ2v) is 10.3. The number of nitrogens with zero attached hydrogens (tertiary/aromatic N) is 6. The number of rotatable bonds is 6. The highest BCUT2D eigenvalue weighted by molar-refractivity contribution is 5.73. The van der Waals surface area contributed by atoms with Gasteiger partial charge in [0.1, 0.15) is 11.6 Å². The highest BCUT2D eigenvalue weighted by atomic mass is 19.1. The van der Waals surface area contributed by atoms with Crippen LogP contribution < -0.4 is 5.73 Å². The van der Waals surface area contributed by atoms with Crippen molar-refractivity contribution in [3.05, 3.63) is 83.1 Å². The zero-order valence-electron chi connectivity index (χ0n) is 20.4. The zero-order valence-corrected chi connectivity index (χ0v) is 20.4. The Balaban J connectivity index is 1.43. The molecule has 3 aromatic heterocycles. The lowest BCUT2D eigenvalue weighted by Gasteiger charge is -2.37. The first-order valence-electron chi connectivity index (χ1n) is 12.2. The molecule has 2 atom stereocenters. The summed E-state index contributed by atoms with van der Waals surface area (Å²) in [5, 5.41) is 13.4. The highest BCUT2D eigenvalue weighted by Crippen LogP contribution is 2.69. The van der Waals surface area contributed by atoms with Crippen molar-refractivity contribution in [3.8, 4) is 17.2 Å². The Bertz CT molecular complexity index is 1530. The molecule has 2 bridgehead atoms. The molecule has 188 valence electrons. The molecule has 0 unspecified atom stereocenters. The van der Waals surface area contributed by atoms with Gasteiger partial charge >= 0.3 is 0 Å². The SMILES string of the molecule is CC1(C)[C@H]2CC[C@]1(c1ccnc(-n3ccc(CCC(N)=O)n3)n1)c1nnc(-c3c(F)cccc3F)cc12. The number of benzene rings is 1. The van der Waals surface area contributed by atoms with Crippen LogP contribution in [-0.4, -0.2) is 35.9 Å². The number of hydrogen-bond donors (Lipinski definition) is 1. The molecule has 6 rings (SSSR count). The van der Waals surface area contributed by atoms with Gasteiger partial charge in [0.25, 0.3) is 5.95 Å². The molecule has 0 spiro atoms. The largest absolute Gasteiger partial charge is 0.370 e. The van der Waals surface area contributed by atoms with Crippen LogP contribution >= 0.6 is 0 Å². The zero-order chi connectivity index (χ0) is 25.9. The molecule has 1 amide bonds. The first-order valence-corrected chi connectivity index (χ1v) is 12.2. The van der Waals surface area contributed by atoms with E-state index in [9.17, 15) is 13.6 Å². The second-order valence-electron chi connectivity index (χ2n) is 10.3. The molecule has 2 aliphatic rings. The van der Waals surface area contributed by atoms with Gasteiger partial charge < -0.3 is 5.73 Å². The van der Waals surface area contributed by atoms with Gasteiger partial charge in [0.15, 0.2) is 0 Å². The summed E-state index contributed by atoms with van der Waals surface area (Å²) in [7, 11) is 0. The molecule has 2 N–H and O–H groups in total. The van der Waals surface area contributed by atoms with Crippen LogP contribution in [0.5, 0.6) is 0 Å². The number of nitrogens with two attached hydrogens (primary N) is 1. The van der Waals surface area contributed by atoms with Gasteiger partial charge in [0, 0.05) is 25.2 Å². The van der Waals surface area contributed by atoms with Crippen molar-refractivity contribution in [3.63, 3.8) is 0 Å². The molecule has 3 heterocycles. The van der Waals surface area contributed by atoms with Crippen LogP contribution in [0.15, 0.2) is 48.8 Å². The molecule has 1 fully saturated rings. The van der Waals surface area contributed by atoms with Crippen LogP contribution in [0.3, 0.4) is 0 Å². The Morgan fingerprint density at radius 2 is 1.95 bits per heavy atom. The third kappa shape index (κ3) is 3.38. The number of amides is 1. The fraction of sp³-hybridized carbons (Fsp3) is 0.333. The fourth-order valence-electron chi connectivity index (χ4n) is 6.31. The molecule has 0 radical (unpaired) electrons. The quantitative estimate of drug-likeness (QED) is 0.427. The summed E-state index contributed by atoms with van der Waals surface area (Å²) >= 11 is 0. The van der Waals surface area contributed by atoms with E-state index in [1.54, 1.807) is 23.1 Å². The standard InChI is InChI=1S/C27H25F2N7O/c1-26(2)17-8-11-27(26,24-16(17)14-20(33-34-24)23-18(28)4-3-5-19(23)29)21-9-12-31-25(32-21)36-13-10-15(35-36)6-7-22(30)37/h3-5,9-10,12-14,17H,6-8,11H2,1-2H3,(H2,30,37)/t17-,27-/m0/s1. The van der Waals surface area contributed by atoms with Crippen molar-refractivity contribution in [2.24, 2.45) is 11.1 Å². The minimum Gasteiger partial charge on any atom is -0.370 e. The number of hydrogen-bond acceptors (Lipinski definition) is 6. The molecule has 1 aromatic carbocycles. The molecule has 1 saturated carbocycles. The molecule has 8 nitrogen and oxygen atoms in total. The lowest BCUT2D eigenvalue weighted by Crippen LogP contribution is -2.38. The lowest BCUT2D eigenvalue weighted by atomic mass is 9.66. The van der Waals surface area contributed by atoms with Crippen molar-refractivity contribution in [2.45, 2.75) is 50.9 Å². The Morgan fingerprint density at radius 1 is 1.16 bits per heavy atom. The molecular weight excluding hydrogens is 476 g/mol. The molecule has 4 aromatic rings. The van der Waals surface area contributed by atoms with E-state index in [1.165, 1.54) is 18.2 Å². The van der Waals surface area contributed by atoms with Gasteiger partial charge in [-0.05, 0) is 60.1 Å². The first-order chi connectivity index (χ1) is 17.7. The average Bonchev–Trinajstić information content (AvgIpc) is 3.50. The van der Waals surface area contributed by atoms with E-state index in [0.717, 1.165) is 35.5 Å². The number of halogens is 2. The summed E-state index contributed by atoms with van der Waals surface area (Å²) < 4.78 is 30.6. The summed E-state index contributed by atoms with van der Waals surface area (Å²) in [4.78, 5) is 20.5. The average molecular weight is 502 g/mol. The maximum atomic E-state index is 14.5. The predicted octanol–water partition coefficient (Wildman–Crippen LogP) is 4.02. The van der Waals surface area contributed by atoms with E-state index in [-0.39, 0.29) is 34.9 Å². The van der Waals surface area contributed by atoms with Crippen LogP contribution in [0.25, 0.3) is 17.2 Å². The Morgan fingerprint density at radius 3 is 2.70 bits per heavy atom. The van der Waals surface area contributed by atoms with E-state index in [4.69, 9.17) is 10.7 Å². The van der Waals surface area contributed by atoms with Crippen LogP contribution in [0.2, 0.25) is 0 Å². The third-order valence-corrected chi connectivity index (χ3v) is 8.16. The van der Waals surface area contributed by atoms with E-state index in [0.29, 0.717) is 12.4 Å². The van der Waals surface area contributed by atoms with Gasteiger partial charge in [-0.3, -0.25) is 4.79 Å². The van der Waals surface area contributed by atoms with Crippen molar-refractivity contribution < 1.29 is 13.6 Å². The number of fused-ring (bicyclic) bond motifs is 5. The van der Waals surface area contributed by atoms with Crippen molar-refractivity contribution in [1.29, 1.82) is 0 Å². The number of carbonyl (C=O) groups is 1. The van der Waals surface area contributed by atoms with Crippen LogP contribution in [0.4, 0.5) is 8.78 Å². The third-order valence-electron chi connectivity index (χ3n) is 8.16. The predicted molar refractivity (Wildman–Crippen MR) is 131 cm³/mol. The molecule has 2 aliphatic carbocycles. The molecule has 0 saturated heterocycles. The summed E-state index contributed by atoms with van der Waals surface area (Å²) in [6.07, 6.45) is 5.82. The van der Waals surface area contributed by atoms with E-state index in [2.05, 4.69) is 34.1 Å². The lowest BCUT2D eigenvalue weighted by molar-refractivity contribution is -0.118. The van der Waals surface area contributed by atoms with Crippen molar-refractivity contribution >= 4 is 5.91 Å². The monoisotopic (exact) mass is 501 g/mol. The normalized spacial score (nSPS) is 21.2. The summed E-state index contributed by atoms with van der Waals surface area (Å²) in [6, 6.07) is 9.28. The van der Waals surface area contributed by atoms with Gasteiger partial charge in [-0.2, -0.15) is 10.2 Å². The maximum absolute atomic E-state index is 14.5. The van der Waals surface area contributed by atoms with Gasteiger partial charge in [-0.1, -0.05) is 19.9 Å². The van der Waals surface area contributed by atoms with Crippen LogP contribution in [0, 0.1) is 17.0 Å². The van der Waals surface area contributed by atoms with Gasteiger partial charge in [0.2, 0.25) is 5.91 Å². The number of primary amides is 1.